The van der Waals surface area contributed by atoms with E-state index in [0.717, 1.165) is 11.1 Å². The Kier molecular flexibility index (Phi) is 8.38. The summed E-state index contributed by atoms with van der Waals surface area (Å²) in [5, 5.41) is 11.5. The standard InChI is InChI=1S/C34H39NO5/c1-21(2)20-39-27-16-10-24(11-17-27)31(36)29-30(23-8-12-25(13-9-23)34(5,6)7)35(33(38)32(29)37)26-14-18-28(19-15-26)40-22(3)4/h8-19,21-22,30,36H,20H2,1-7H3/b31-29-. The van der Waals surface area contributed by atoms with E-state index in [1.165, 1.54) is 4.90 Å². The molecule has 1 aliphatic heterocycles. The number of ether oxygens (including phenoxy) is 2. The van der Waals surface area contributed by atoms with Gasteiger partial charge in [-0.25, -0.2) is 0 Å². The second kappa shape index (κ2) is 11.6. The molecule has 0 bridgehead atoms. The average Bonchev–Trinajstić information content (AvgIpc) is 3.17. The van der Waals surface area contributed by atoms with Crippen LogP contribution in [-0.2, 0) is 15.0 Å². The average molecular weight is 542 g/mol. The molecular weight excluding hydrogens is 502 g/mol. The molecule has 1 amide bonds. The maximum atomic E-state index is 13.5. The largest absolute Gasteiger partial charge is 0.507 e. The molecule has 1 fully saturated rings. The summed E-state index contributed by atoms with van der Waals surface area (Å²) < 4.78 is 11.5. The fraction of sp³-hybridized carbons (Fsp3) is 0.353. The third-order valence-electron chi connectivity index (χ3n) is 6.73. The van der Waals surface area contributed by atoms with Crippen LogP contribution in [0.3, 0.4) is 0 Å². The lowest BCUT2D eigenvalue weighted by Gasteiger charge is -2.27. The number of carbonyl (C=O) groups excluding carboxylic acids is 2. The zero-order valence-corrected chi connectivity index (χ0v) is 24.4. The van der Waals surface area contributed by atoms with Gasteiger partial charge in [-0.05, 0) is 84.8 Å². The van der Waals surface area contributed by atoms with Crippen LogP contribution in [0.5, 0.6) is 11.5 Å². The summed E-state index contributed by atoms with van der Waals surface area (Å²) in [6.45, 7) is 15.0. The molecule has 3 aromatic rings. The zero-order valence-electron chi connectivity index (χ0n) is 24.4. The minimum Gasteiger partial charge on any atom is -0.507 e. The zero-order chi connectivity index (χ0) is 29.2. The molecule has 0 spiro atoms. The Balaban J connectivity index is 1.80. The quantitative estimate of drug-likeness (QED) is 0.182. The van der Waals surface area contributed by atoms with Gasteiger partial charge in [-0.15, -0.1) is 0 Å². The third-order valence-corrected chi connectivity index (χ3v) is 6.73. The molecule has 4 rings (SSSR count). The van der Waals surface area contributed by atoms with E-state index in [4.69, 9.17) is 9.47 Å². The Morgan fingerprint density at radius 2 is 1.43 bits per heavy atom. The van der Waals surface area contributed by atoms with Gasteiger partial charge < -0.3 is 14.6 Å². The summed E-state index contributed by atoms with van der Waals surface area (Å²) in [6, 6.07) is 21.1. The topological polar surface area (TPSA) is 76.1 Å². The second-order valence-corrected chi connectivity index (χ2v) is 11.9. The lowest BCUT2D eigenvalue weighted by molar-refractivity contribution is -0.132. The summed E-state index contributed by atoms with van der Waals surface area (Å²) in [5.74, 6) is 0.0662. The molecule has 6 nitrogen and oxygen atoms in total. The van der Waals surface area contributed by atoms with Gasteiger partial charge in [0, 0.05) is 11.3 Å². The summed E-state index contributed by atoms with van der Waals surface area (Å²) >= 11 is 0. The molecule has 1 unspecified atom stereocenters. The van der Waals surface area contributed by atoms with Crippen molar-refractivity contribution in [3.05, 3.63) is 95.1 Å². The number of hydrogen-bond donors (Lipinski definition) is 1. The number of rotatable bonds is 8. The van der Waals surface area contributed by atoms with Crippen LogP contribution in [0.25, 0.3) is 5.76 Å². The maximum absolute atomic E-state index is 13.5. The van der Waals surface area contributed by atoms with Crippen molar-refractivity contribution in [1.82, 2.24) is 0 Å². The minimum atomic E-state index is -0.803. The lowest BCUT2D eigenvalue weighted by atomic mass is 9.85. The molecule has 3 aromatic carbocycles. The van der Waals surface area contributed by atoms with Crippen molar-refractivity contribution in [3.8, 4) is 11.5 Å². The highest BCUT2D eigenvalue weighted by molar-refractivity contribution is 6.51. The van der Waals surface area contributed by atoms with Gasteiger partial charge in [0.1, 0.15) is 17.3 Å². The van der Waals surface area contributed by atoms with Crippen LogP contribution in [0.4, 0.5) is 5.69 Å². The summed E-state index contributed by atoms with van der Waals surface area (Å²) in [4.78, 5) is 28.5. The van der Waals surface area contributed by atoms with E-state index in [1.54, 1.807) is 48.5 Å². The van der Waals surface area contributed by atoms with Gasteiger partial charge in [-0.3, -0.25) is 14.5 Å². The highest BCUT2D eigenvalue weighted by Crippen LogP contribution is 2.43. The minimum absolute atomic E-state index is 0.00331. The first kappa shape index (κ1) is 28.9. The summed E-state index contributed by atoms with van der Waals surface area (Å²) in [5.41, 5.74) is 2.82. The molecule has 0 radical (unpaired) electrons. The van der Waals surface area contributed by atoms with Crippen molar-refractivity contribution in [2.45, 2.75) is 66.0 Å². The predicted octanol–water partition coefficient (Wildman–Crippen LogP) is 7.43. The van der Waals surface area contributed by atoms with Crippen LogP contribution in [0.1, 0.15) is 71.2 Å². The molecule has 1 heterocycles. The van der Waals surface area contributed by atoms with E-state index >= 15 is 0 Å². The van der Waals surface area contributed by atoms with Gasteiger partial charge in [-0.1, -0.05) is 58.9 Å². The Morgan fingerprint density at radius 3 is 1.95 bits per heavy atom. The van der Waals surface area contributed by atoms with Gasteiger partial charge in [0.05, 0.1) is 24.3 Å². The van der Waals surface area contributed by atoms with Crippen molar-refractivity contribution < 1.29 is 24.2 Å². The lowest BCUT2D eigenvalue weighted by Crippen LogP contribution is -2.29. The van der Waals surface area contributed by atoms with Crippen LogP contribution in [-0.4, -0.2) is 29.5 Å². The van der Waals surface area contributed by atoms with E-state index in [1.807, 2.05) is 38.1 Å². The number of nitrogens with zero attached hydrogens (tertiary/aromatic N) is 1. The molecular formula is C34H39NO5. The molecule has 0 aliphatic carbocycles. The Hall–Kier alpha value is -4.06. The molecule has 210 valence electrons. The van der Waals surface area contributed by atoms with Crippen LogP contribution in [0, 0.1) is 5.92 Å². The van der Waals surface area contributed by atoms with Crippen LogP contribution >= 0.6 is 0 Å². The monoisotopic (exact) mass is 541 g/mol. The van der Waals surface area contributed by atoms with Gasteiger partial charge >= 0.3 is 0 Å². The molecule has 6 heteroatoms. The summed E-state index contributed by atoms with van der Waals surface area (Å²) in [6.07, 6.45) is 0.00331. The Bertz CT molecular complexity index is 1380. The fourth-order valence-electron chi connectivity index (χ4n) is 4.66. The number of carbonyl (C=O) groups is 2. The first-order valence-corrected chi connectivity index (χ1v) is 13.8. The van der Waals surface area contributed by atoms with E-state index in [2.05, 4.69) is 34.6 Å². The van der Waals surface area contributed by atoms with Crippen LogP contribution in [0.2, 0.25) is 0 Å². The number of aliphatic hydroxyl groups is 1. The second-order valence-electron chi connectivity index (χ2n) is 11.9. The number of Topliss-reactive ketones (excluding diaryl/α,β-unsaturated/α-hetero) is 1. The Morgan fingerprint density at radius 1 is 0.850 bits per heavy atom. The number of ketones is 1. The number of anilines is 1. The van der Waals surface area contributed by atoms with Crippen molar-refractivity contribution in [2.24, 2.45) is 5.92 Å². The van der Waals surface area contributed by atoms with Gasteiger partial charge in [0.25, 0.3) is 11.7 Å². The Labute approximate surface area is 237 Å². The fourth-order valence-corrected chi connectivity index (χ4v) is 4.66. The first-order valence-electron chi connectivity index (χ1n) is 13.8. The van der Waals surface area contributed by atoms with Crippen molar-refractivity contribution >= 4 is 23.1 Å². The van der Waals surface area contributed by atoms with Crippen molar-refractivity contribution in [3.63, 3.8) is 0 Å². The smallest absolute Gasteiger partial charge is 0.300 e. The molecule has 1 N–H and O–H groups in total. The summed E-state index contributed by atoms with van der Waals surface area (Å²) in [7, 11) is 0. The predicted molar refractivity (Wildman–Crippen MR) is 159 cm³/mol. The van der Waals surface area contributed by atoms with E-state index < -0.39 is 17.7 Å². The van der Waals surface area contributed by atoms with Gasteiger partial charge in [0.15, 0.2) is 0 Å². The highest BCUT2D eigenvalue weighted by Gasteiger charge is 2.47. The number of amides is 1. The SMILES string of the molecule is CC(C)COc1ccc(/C(O)=C2/C(=O)C(=O)N(c3ccc(OC(C)C)cc3)C2c2ccc(C(C)(C)C)cc2)cc1. The molecule has 1 atom stereocenters. The maximum Gasteiger partial charge on any atom is 0.300 e. The number of aliphatic hydroxyl groups excluding tert-OH is 1. The molecule has 1 aliphatic rings. The number of hydrogen-bond acceptors (Lipinski definition) is 5. The third kappa shape index (κ3) is 6.22. The highest BCUT2D eigenvalue weighted by atomic mass is 16.5. The van der Waals surface area contributed by atoms with Crippen LogP contribution in [0.15, 0.2) is 78.4 Å². The normalized spacial score (nSPS) is 17.1. The van der Waals surface area contributed by atoms with Crippen molar-refractivity contribution in [1.29, 1.82) is 0 Å². The van der Waals surface area contributed by atoms with E-state index in [-0.39, 0.29) is 22.9 Å². The van der Waals surface area contributed by atoms with Crippen molar-refractivity contribution in [2.75, 3.05) is 11.5 Å². The number of benzene rings is 3. The van der Waals surface area contributed by atoms with E-state index in [0.29, 0.717) is 35.3 Å². The van der Waals surface area contributed by atoms with E-state index in [9.17, 15) is 14.7 Å². The van der Waals surface area contributed by atoms with Gasteiger partial charge in [-0.2, -0.15) is 0 Å². The molecule has 1 saturated heterocycles. The van der Waals surface area contributed by atoms with Gasteiger partial charge in [0.2, 0.25) is 0 Å². The van der Waals surface area contributed by atoms with Crippen LogP contribution < -0.4 is 14.4 Å². The first-order chi connectivity index (χ1) is 18.9. The molecule has 0 aromatic heterocycles. The molecule has 0 saturated carbocycles. The molecule has 40 heavy (non-hydrogen) atoms.